The Balaban J connectivity index is 2.63. The van der Waals surface area contributed by atoms with Crippen LogP contribution in [-0.2, 0) is 0 Å². The van der Waals surface area contributed by atoms with E-state index in [1.807, 2.05) is 6.92 Å². The Hall–Kier alpha value is -1.85. The molecular formula is C26H41N5P+. The molecule has 8 N–H and O–H groups in total. The molecule has 32 heavy (non-hydrogen) atoms. The molecule has 2 rings (SSSR count). The zero-order chi connectivity index (χ0) is 24.0. The summed E-state index contributed by atoms with van der Waals surface area (Å²) in [5.41, 5.74) is 17.1. The number of nitrogens with one attached hydrogen (secondary N) is 2. The van der Waals surface area contributed by atoms with E-state index in [-0.39, 0.29) is 11.0 Å². The van der Waals surface area contributed by atoms with Gasteiger partial charge in [-0.15, -0.1) is 0 Å². The molecule has 0 spiro atoms. The standard InChI is InChI=1S/C26H41N5P/c1-7-14-20(2)32(21-15-10-8-11-16-21,22-17-12-9-13-18-22)19-25(3,4)26(5,6)31-24(29)30-23(27)28/h7-18,23-24,30-31H,2,19,27-29H2,1,3-6H3/q+1/b14-7-. The maximum atomic E-state index is 6.25. The number of hydrogen-bond acceptors (Lipinski definition) is 5. The lowest BCUT2D eigenvalue weighted by Gasteiger charge is -2.46. The maximum absolute atomic E-state index is 6.25. The molecule has 6 heteroatoms. The molecule has 0 heterocycles. The van der Waals surface area contributed by atoms with E-state index in [0.717, 1.165) is 11.5 Å². The molecule has 0 aliphatic carbocycles. The van der Waals surface area contributed by atoms with Crippen LogP contribution < -0.4 is 38.4 Å². The second kappa shape index (κ2) is 10.8. The van der Waals surface area contributed by atoms with Gasteiger partial charge in [-0.25, -0.2) is 0 Å². The highest BCUT2D eigenvalue weighted by Crippen LogP contribution is 2.67. The molecule has 1 atom stereocenters. The van der Waals surface area contributed by atoms with Crippen molar-refractivity contribution in [1.29, 1.82) is 0 Å². The molecule has 1 unspecified atom stereocenters. The Bertz CT molecular complexity index is 851. The highest BCUT2D eigenvalue weighted by molar-refractivity contribution is 7.93. The average molecular weight is 455 g/mol. The van der Waals surface area contributed by atoms with Crippen LogP contribution in [0.25, 0.3) is 0 Å². The summed E-state index contributed by atoms with van der Waals surface area (Å²) < 4.78 is 0. The second-order valence-corrected chi connectivity index (χ2v) is 13.0. The van der Waals surface area contributed by atoms with Gasteiger partial charge in [0.1, 0.15) is 30.5 Å². The highest BCUT2D eigenvalue weighted by Gasteiger charge is 2.53. The minimum Gasteiger partial charge on any atom is -0.304 e. The predicted octanol–water partition coefficient (Wildman–Crippen LogP) is 3.17. The van der Waals surface area contributed by atoms with Crippen LogP contribution in [0.2, 0.25) is 0 Å². The summed E-state index contributed by atoms with van der Waals surface area (Å²) in [5, 5.41) is 10.3. The van der Waals surface area contributed by atoms with Crippen molar-refractivity contribution in [2.75, 3.05) is 6.16 Å². The van der Waals surface area contributed by atoms with Crippen LogP contribution in [0.1, 0.15) is 34.6 Å². The molecule has 2 aromatic carbocycles. The molecule has 0 bridgehead atoms. The Morgan fingerprint density at radius 2 is 1.41 bits per heavy atom. The van der Waals surface area contributed by atoms with Gasteiger partial charge in [0.2, 0.25) is 0 Å². The zero-order valence-electron chi connectivity index (χ0n) is 20.2. The van der Waals surface area contributed by atoms with Crippen LogP contribution in [0.4, 0.5) is 0 Å². The molecule has 5 nitrogen and oxygen atoms in total. The third-order valence-corrected chi connectivity index (χ3v) is 11.2. The maximum Gasteiger partial charge on any atom is 0.112 e. The third-order valence-electron chi connectivity index (χ3n) is 6.46. The van der Waals surface area contributed by atoms with E-state index in [2.05, 4.69) is 118 Å². The normalized spacial score (nSPS) is 14.2. The van der Waals surface area contributed by atoms with Crippen LogP contribution in [0.15, 0.2) is 84.7 Å². The van der Waals surface area contributed by atoms with Gasteiger partial charge >= 0.3 is 0 Å². The highest BCUT2D eigenvalue weighted by atomic mass is 31.2. The minimum absolute atomic E-state index is 0.172. The van der Waals surface area contributed by atoms with Crippen LogP contribution in [0, 0.1) is 5.41 Å². The number of nitrogens with two attached hydrogens (primary N) is 3. The lowest BCUT2D eigenvalue weighted by atomic mass is 9.76. The van der Waals surface area contributed by atoms with Gasteiger partial charge in [-0.2, -0.15) is 0 Å². The summed E-state index contributed by atoms with van der Waals surface area (Å²) in [6, 6.07) is 21.6. The van der Waals surface area contributed by atoms with Crippen LogP contribution in [-0.4, -0.2) is 24.3 Å². The third kappa shape index (κ3) is 5.93. The summed E-state index contributed by atoms with van der Waals surface area (Å²) in [6.07, 6.45) is 3.96. The molecule has 0 fully saturated rings. The lowest BCUT2D eigenvalue weighted by Crippen LogP contribution is -2.67. The smallest absolute Gasteiger partial charge is 0.112 e. The van der Waals surface area contributed by atoms with Gasteiger partial charge in [-0.05, 0) is 51.1 Å². The number of benzene rings is 2. The second-order valence-electron chi connectivity index (χ2n) is 9.45. The average Bonchev–Trinajstić information content (AvgIpc) is 2.72. The first kappa shape index (κ1) is 26.4. The van der Waals surface area contributed by atoms with Gasteiger partial charge in [0.05, 0.1) is 11.5 Å². The molecule has 0 radical (unpaired) electrons. The van der Waals surface area contributed by atoms with Crippen molar-refractivity contribution in [2.24, 2.45) is 22.6 Å². The van der Waals surface area contributed by atoms with E-state index in [9.17, 15) is 0 Å². The van der Waals surface area contributed by atoms with Crippen molar-refractivity contribution < 1.29 is 0 Å². The lowest BCUT2D eigenvalue weighted by molar-refractivity contribution is 0.148. The first-order valence-corrected chi connectivity index (χ1v) is 13.1. The molecule has 0 aliphatic rings. The first-order chi connectivity index (χ1) is 15.0. The zero-order valence-corrected chi connectivity index (χ0v) is 21.1. The van der Waals surface area contributed by atoms with Gasteiger partial charge in [-0.1, -0.05) is 62.9 Å². The van der Waals surface area contributed by atoms with E-state index < -0.39 is 19.8 Å². The van der Waals surface area contributed by atoms with Crippen molar-refractivity contribution in [3.05, 3.63) is 84.7 Å². The molecule has 174 valence electrons. The Labute approximate surface area is 194 Å². The summed E-state index contributed by atoms with van der Waals surface area (Å²) in [6.45, 7) is 15.6. The molecule has 0 amide bonds. The molecule has 0 saturated carbocycles. The molecule has 0 saturated heterocycles. The first-order valence-electron chi connectivity index (χ1n) is 11.1. The minimum atomic E-state index is -2.03. The van der Waals surface area contributed by atoms with Crippen LogP contribution >= 0.6 is 7.26 Å². The van der Waals surface area contributed by atoms with Crippen molar-refractivity contribution in [2.45, 2.75) is 52.7 Å². The number of hydrogen-bond donors (Lipinski definition) is 5. The Morgan fingerprint density at radius 3 is 1.81 bits per heavy atom. The summed E-state index contributed by atoms with van der Waals surface area (Å²) in [4.78, 5) is 0. The Morgan fingerprint density at radius 1 is 0.938 bits per heavy atom. The molecule has 0 aromatic heterocycles. The van der Waals surface area contributed by atoms with E-state index in [0.29, 0.717) is 0 Å². The summed E-state index contributed by atoms with van der Waals surface area (Å²) in [7, 11) is -2.03. The van der Waals surface area contributed by atoms with E-state index in [4.69, 9.17) is 17.2 Å². The fraction of sp³-hybridized carbons (Fsp3) is 0.385. The molecule has 2 aromatic rings. The quantitative estimate of drug-likeness (QED) is 0.204. The van der Waals surface area contributed by atoms with Crippen molar-refractivity contribution in [1.82, 2.24) is 10.6 Å². The van der Waals surface area contributed by atoms with Gasteiger partial charge in [0.15, 0.2) is 0 Å². The summed E-state index contributed by atoms with van der Waals surface area (Å²) in [5.74, 6) is 0. The fourth-order valence-electron chi connectivity index (χ4n) is 4.07. The topological polar surface area (TPSA) is 102 Å². The summed E-state index contributed by atoms with van der Waals surface area (Å²) >= 11 is 0. The van der Waals surface area contributed by atoms with Gasteiger partial charge < -0.3 is 17.2 Å². The van der Waals surface area contributed by atoms with Crippen molar-refractivity contribution >= 4 is 17.9 Å². The van der Waals surface area contributed by atoms with E-state index >= 15 is 0 Å². The largest absolute Gasteiger partial charge is 0.304 e. The van der Waals surface area contributed by atoms with Gasteiger partial charge in [0.25, 0.3) is 0 Å². The van der Waals surface area contributed by atoms with Crippen molar-refractivity contribution in [3.63, 3.8) is 0 Å². The van der Waals surface area contributed by atoms with Gasteiger partial charge in [-0.3, -0.25) is 10.6 Å². The number of rotatable bonds is 11. The van der Waals surface area contributed by atoms with E-state index in [1.54, 1.807) is 0 Å². The molecular weight excluding hydrogens is 413 g/mol. The monoisotopic (exact) mass is 454 g/mol. The van der Waals surface area contributed by atoms with Gasteiger partial charge in [0, 0.05) is 11.0 Å². The SMILES string of the molecule is C=C(/C=C\C)[P+](CC(C)(C)C(C)(C)NC(N)NC(N)N)(c1ccccc1)c1ccccc1. The predicted molar refractivity (Wildman–Crippen MR) is 142 cm³/mol. The molecule has 0 aliphatic heterocycles. The number of allylic oxidation sites excluding steroid dienone is 3. The van der Waals surface area contributed by atoms with Crippen LogP contribution in [0.5, 0.6) is 0 Å². The fourth-order valence-corrected chi connectivity index (χ4v) is 8.95. The Kier molecular flexibility index (Phi) is 8.95. The van der Waals surface area contributed by atoms with Crippen molar-refractivity contribution in [3.8, 4) is 0 Å². The van der Waals surface area contributed by atoms with E-state index in [1.165, 1.54) is 10.6 Å². The van der Waals surface area contributed by atoms with Crippen LogP contribution in [0.3, 0.4) is 0 Å².